The lowest BCUT2D eigenvalue weighted by atomic mass is 9.85. The van der Waals surface area contributed by atoms with Crippen LogP contribution in [-0.2, 0) is 19.3 Å². The second-order valence-corrected chi connectivity index (χ2v) is 7.61. The Hall–Kier alpha value is -3.02. The van der Waals surface area contributed by atoms with Crippen LogP contribution in [0.5, 0.6) is 0 Å². The van der Waals surface area contributed by atoms with E-state index in [4.69, 9.17) is 0 Å². The lowest BCUT2D eigenvalue weighted by Gasteiger charge is -2.21. The summed E-state index contributed by atoms with van der Waals surface area (Å²) in [5.41, 5.74) is 0.488. The number of rotatable bonds is 4. The van der Waals surface area contributed by atoms with Gasteiger partial charge in [0.2, 0.25) is 0 Å². The van der Waals surface area contributed by atoms with Crippen molar-refractivity contribution in [3.8, 4) is 11.1 Å². The van der Waals surface area contributed by atoms with Gasteiger partial charge < -0.3 is 0 Å². The average Bonchev–Trinajstić information content (AvgIpc) is 2.70. The van der Waals surface area contributed by atoms with Gasteiger partial charge in [0.25, 0.3) is 0 Å². The van der Waals surface area contributed by atoms with E-state index < -0.39 is 40.5 Å². The number of benzene rings is 3. The van der Waals surface area contributed by atoms with Crippen LogP contribution in [0.15, 0.2) is 42.5 Å². The SMILES string of the molecule is CCCc1cc(F)c(C2=CCc3c(cc(F)c(-c4ccc(F)c(F)c4)c3F)C2)c(F)c1. The maximum Gasteiger partial charge on any atom is 0.159 e. The van der Waals surface area contributed by atoms with Gasteiger partial charge in [0.15, 0.2) is 11.6 Å². The summed E-state index contributed by atoms with van der Waals surface area (Å²) in [6.07, 6.45) is 2.73. The average molecular weight is 432 g/mol. The zero-order chi connectivity index (χ0) is 22.3. The molecule has 4 rings (SSSR count). The van der Waals surface area contributed by atoms with E-state index in [0.29, 0.717) is 17.6 Å². The lowest BCUT2D eigenvalue weighted by Crippen LogP contribution is -2.10. The summed E-state index contributed by atoms with van der Waals surface area (Å²) >= 11 is 0. The van der Waals surface area contributed by atoms with Gasteiger partial charge in [-0.25, -0.2) is 26.3 Å². The third-order valence-corrected chi connectivity index (χ3v) is 5.52. The molecule has 0 saturated heterocycles. The van der Waals surface area contributed by atoms with E-state index in [0.717, 1.165) is 30.7 Å². The van der Waals surface area contributed by atoms with Crippen molar-refractivity contribution < 1.29 is 26.3 Å². The van der Waals surface area contributed by atoms with E-state index in [1.807, 2.05) is 6.92 Å². The molecule has 3 aromatic carbocycles. The lowest BCUT2D eigenvalue weighted by molar-refractivity contribution is 0.508. The van der Waals surface area contributed by atoms with Crippen LogP contribution in [0.3, 0.4) is 0 Å². The van der Waals surface area contributed by atoms with E-state index in [2.05, 4.69) is 0 Å². The minimum Gasteiger partial charge on any atom is -0.206 e. The summed E-state index contributed by atoms with van der Waals surface area (Å²) in [5.74, 6) is -5.61. The molecule has 0 aromatic heterocycles. The van der Waals surface area contributed by atoms with Gasteiger partial charge in [-0.05, 0) is 77.4 Å². The minimum absolute atomic E-state index is 0.0109. The number of hydrogen-bond acceptors (Lipinski definition) is 0. The van der Waals surface area contributed by atoms with E-state index in [-0.39, 0.29) is 35.1 Å². The molecule has 0 aliphatic heterocycles. The quantitative estimate of drug-likeness (QED) is 0.379. The van der Waals surface area contributed by atoms with Crippen LogP contribution < -0.4 is 0 Å². The molecule has 0 radical (unpaired) electrons. The molecule has 0 atom stereocenters. The van der Waals surface area contributed by atoms with Crippen molar-refractivity contribution in [2.75, 3.05) is 0 Å². The summed E-state index contributed by atoms with van der Waals surface area (Å²) in [7, 11) is 0. The second kappa shape index (κ2) is 8.25. The van der Waals surface area contributed by atoms with Crippen molar-refractivity contribution in [2.45, 2.75) is 32.6 Å². The molecule has 0 saturated carbocycles. The van der Waals surface area contributed by atoms with Crippen molar-refractivity contribution in [3.05, 3.63) is 99.6 Å². The zero-order valence-electron chi connectivity index (χ0n) is 16.6. The van der Waals surface area contributed by atoms with E-state index in [9.17, 15) is 22.0 Å². The van der Waals surface area contributed by atoms with Crippen LogP contribution in [0.4, 0.5) is 26.3 Å². The molecular weight excluding hydrogens is 414 g/mol. The smallest absolute Gasteiger partial charge is 0.159 e. The highest BCUT2D eigenvalue weighted by Gasteiger charge is 2.25. The van der Waals surface area contributed by atoms with Gasteiger partial charge in [0, 0.05) is 5.56 Å². The Morgan fingerprint density at radius 1 is 0.742 bits per heavy atom. The molecule has 0 heterocycles. The minimum atomic E-state index is -1.21. The van der Waals surface area contributed by atoms with Gasteiger partial charge in [-0.1, -0.05) is 25.5 Å². The maximum absolute atomic E-state index is 15.1. The molecule has 0 amide bonds. The van der Waals surface area contributed by atoms with Crippen molar-refractivity contribution in [2.24, 2.45) is 0 Å². The molecule has 0 N–H and O–H groups in total. The Morgan fingerprint density at radius 2 is 1.42 bits per heavy atom. The molecule has 0 spiro atoms. The number of fused-ring (bicyclic) bond motifs is 1. The van der Waals surface area contributed by atoms with Crippen LogP contribution in [0, 0.1) is 34.9 Å². The Bertz CT molecular complexity index is 1190. The summed E-state index contributed by atoms with van der Waals surface area (Å²) in [6.45, 7) is 1.90. The van der Waals surface area contributed by atoms with Crippen LogP contribution >= 0.6 is 0 Å². The standard InChI is InChI=1S/C25H18F6/c1-2-3-13-8-20(28)23(21(29)9-13)14-4-6-17-16(10-14)12-22(30)24(25(17)31)15-5-7-18(26)19(27)11-15/h4-5,7-9,11-12H,2-3,6,10H2,1H3. The Morgan fingerprint density at radius 3 is 2.06 bits per heavy atom. The molecule has 1 aliphatic carbocycles. The molecule has 0 unspecified atom stereocenters. The number of allylic oxidation sites excluding steroid dienone is 2. The summed E-state index contributed by atoms with van der Waals surface area (Å²) in [6, 6.07) is 6.28. The number of aryl methyl sites for hydroxylation is 1. The largest absolute Gasteiger partial charge is 0.206 e. The predicted octanol–water partition coefficient (Wildman–Crippen LogP) is 7.32. The topological polar surface area (TPSA) is 0 Å². The number of halogens is 6. The first-order valence-electron chi connectivity index (χ1n) is 9.92. The molecule has 6 heteroatoms. The van der Waals surface area contributed by atoms with Crippen molar-refractivity contribution in [1.29, 1.82) is 0 Å². The van der Waals surface area contributed by atoms with E-state index >= 15 is 4.39 Å². The second-order valence-electron chi connectivity index (χ2n) is 7.61. The van der Waals surface area contributed by atoms with Crippen molar-refractivity contribution >= 4 is 5.57 Å². The van der Waals surface area contributed by atoms with Gasteiger partial charge in [-0.15, -0.1) is 0 Å². The first-order valence-corrected chi connectivity index (χ1v) is 9.92. The monoisotopic (exact) mass is 432 g/mol. The van der Waals surface area contributed by atoms with Gasteiger partial charge in [-0.2, -0.15) is 0 Å². The summed E-state index contributed by atoms with van der Waals surface area (Å²) in [5, 5.41) is 0. The molecular formula is C25H18F6. The molecule has 31 heavy (non-hydrogen) atoms. The fourth-order valence-electron chi connectivity index (χ4n) is 4.06. The Labute approximate surface area is 175 Å². The molecule has 3 aromatic rings. The van der Waals surface area contributed by atoms with Crippen molar-refractivity contribution in [1.82, 2.24) is 0 Å². The highest BCUT2D eigenvalue weighted by atomic mass is 19.2. The maximum atomic E-state index is 15.1. The Kier molecular flexibility index (Phi) is 5.65. The van der Waals surface area contributed by atoms with Crippen LogP contribution in [0.25, 0.3) is 16.7 Å². The van der Waals surface area contributed by atoms with Gasteiger partial charge in [-0.3, -0.25) is 0 Å². The first kappa shape index (κ1) is 21.2. The van der Waals surface area contributed by atoms with E-state index in [1.54, 1.807) is 0 Å². The normalized spacial score (nSPS) is 13.2. The first-order chi connectivity index (χ1) is 14.8. The Balaban J connectivity index is 1.74. The molecule has 0 fully saturated rings. The van der Waals surface area contributed by atoms with Gasteiger partial charge >= 0.3 is 0 Å². The molecule has 1 aliphatic rings. The fourth-order valence-corrected chi connectivity index (χ4v) is 4.06. The molecule has 160 valence electrons. The molecule has 0 nitrogen and oxygen atoms in total. The van der Waals surface area contributed by atoms with Crippen molar-refractivity contribution in [3.63, 3.8) is 0 Å². The molecule has 0 bridgehead atoms. The zero-order valence-corrected chi connectivity index (χ0v) is 16.6. The highest BCUT2D eigenvalue weighted by Crippen LogP contribution is 2.37. The number of hydrogen-bond donors (Lipinski definition) is 0. The van der Waals surface area contributed by atoms with Crippen LogP contribution in [0.2, 0.25) is 0 Å². The van der Waals surface area contributed by atoms with Gasteiger partial charge in [0.1, 0.15) is 23.3 Å². The van der Waals surface area contributed by atoms with Gasteiger partial charge in [0.05, 0.1) is 5.56 Å². The summed E-state index contributed by atoms with van der Waals surface area (Å²) in [4.78, 5) is 0. The highest BCUT2D eigenvalue weighted by molar-refractivity contribution is 5.74. The predicted molar refractivity (Wildman–Crippen MR) is 107 cm³/mol. The summed E-state index contributed by atoms with van der Waals surface area (Å²) < 4.78 is 85.9. The fraction of sp³-hybridized carbons (Fsp3) is 0.200. The van der Waals surface area contributed by atoms with Crippen LogP contribution in [0.1, 0.15) is 35.6 Å². The third kappa shape index (κ3) is 3.87. The van der Waals surface area contributed by atoms with E-state index in [1.165, 1.54) is 18.2 Å². The third-order valence-electron chi connectivity index (χ3n) is 5.52. The van der Waals surface area contributed by atoms with Crippen LogP contribution in [-0.4, -0.2) is 0 Å².